The third kappa shape index (κ3) is 7.29. The van der Waals surface area contributed by atoms with Crippen LogP contribution in [0.5, 0.6) is 0 Å². The smallest absolute Gasteiger partial charge is 0.444 e. The highest BCUT2D eigenvalue weighted by atomic mass is 32.2. The van der Waals surface area contributed by atoms with E-state index in [0.717, 1.165) is 11.0 Å². The molecule has 1 fully saturated rings. The van der Waals surface area contributed by atoms with Gasteiger partial charge in [0, 0.05) is 12.2 Å². The van der Waals surface area contributed by atoms with Crippen LogP contribution in [0.1, 0.15) is 51.0 Å². The number of nitrogens with zero attached hydrogens (tertiary/aromatic N) is 5. The number of anilines is 1. The average Bonchev–Trinajstić information content (AvgIpc) is 3.83. The summed E-state index contributed by atoms with van der Waals surface area (Å²) in [4.78, 5) is 34.9. The van der Waals surface area contributed by atoms with Crippen LogP contribution in [0.25, 0.3) is 22.8 Å². The molecule has 2 aliphatic rings. The van der Waals surface area contributed by atoms with Gasteiger partial charge in [0.15, 0.2) is 15.4 Å². The number of aromatic nitrogens is 4. The number of nitrogens with one attached hydrogen (secondary N) is 1. The molecule has 51 heavy (non-hydrogen) atoms. The van der Waals surface area contributed by atoms with Crippen LogP contribution in [0.3, 0.4) is 0 Å². The molecule has 1 unspecified atom stereocenters. The quantitative estimate of drug-likeness (QED) is 0.257. The van der Waals surface area contributed by atoms with E-state index in [1.165, 1.54) is 24.3 Å². The molecule has 2 aromatic carbocycles. The van der Waals surface area contributed by atoms with Gasteiger partial charge < -0.3 is 33.8 Å². The first-order valence-corrected chi connectivity index (χ1v) is 17.0. The zero-order valence-corrected chi connectivity index (χ0v) is 28.0. The molecule has 2 N–H and O–H groups in total. The summed E-state index contributed by atoms with van der Waals surface area (Å²) in [5.41, 5.74) is -2.47. The van der Waals surface area contributed by atoms with E-state index in [0.29, 0.717) is 31.1 Å². The summed E-state index contributed by atoms with van der Waals surface area (Å²) in [5, 5.41) is 19.5. The van der Waals surface area contributed by atoms with E-state index in [4.69, 9.17) is 14.0 Å². The Morgan fingerprint density at radius 2 is 1.80 bits per heavy atom. The van der Waals surface area contributed by atoms with Crippen molar-refractivity contribution in [2.75, 3.05) is 23.9 Å². The van der Waals surface area contributed by atoms with Crippen LogP contribution in [-0.2, 0) is 42.4 Å². The second kappa shape index (κ2) is 13.0. The van der Waals surface area contributed by atoms with E-state index >= 15 is 4.39 Å². The topological polar surface area (TPSA) is 200 Å². The minimum Gasteiger partial charge on any atom is -0.444 e. The minimum absolute atomic E-state index is 0.127. The molecule has 15 nitrogen and oxygen atoms in total. The van der Waals surface area contributed by atoms with Crippen LogP contribution in [0.4, 0.5) is 28.0 Å². The first-order valence-electron chi connectivity index (χ1n) is 15.4. The molecule has 6 rings (SSSR count). The number of fused-ring (bicyclic) bond motifs is 1. The summed E-state index contributed by atoms with van der Waals surface area (Å²) in [7, 11) is -4.48. The molecule has 272 valence electrons. The number of aliphatic hydroxyl groups is 1. The molecular weight excluding hydrogens is 708 g/mol. The Kier molecular flexibility index (Phi) is 9.13. The van der Waals surface area contributed by atoms with E-state index in [-0.39, 0.29) is 40.9 Å². The predicted octanol–water partition coefficient (Wildman–Crippen LogP) is 4.16. The Hall–Kier alpha value is -4.95. The lowest BCUT2D eigenvalue weighted by molar-refractivity contribution is -0.159. The molecule has 0 spiro atoms. The number of benzene rings is 2. The first kappa shape index (κ1) is 35.9. The van der Waals surface area contributed by atoms with E-state index in [2.05, 4.69) is 30.1 Å². The molecule has 4 aromatic rings. The van der Waals surface area contributed by atoms with E-state index in [1.54, 1.807) is 20.8 Å². The van der Waals surface area contributed by atoms with Gasteiger partial charge in [-0.1, -0.05) is 34.6 Å². The second-order valence-electron chi connectivity index (χ2n) is 12.8. The van der Waals surface area contributed by atoms with Crippen molar-refractivity contribution in [2.45, 2.75) is 68.5 Å². The van der Waals surface area contributed by atoms with Crippen molar-refractivity contribution in [3.8, 4) is 22.8 Å². The highest BCUT2D eigenvalue weighted by Crippen LogP contribution is 2.39. The third-order valence-electron chi connectivity index (χ3n) is 7.95. The van der Waals surface area contributed by atoms with Crippen LogP contribution in [0.15, 0.2) is 50.3 Å². The van der Waals surface area contributed by atoms with Gasteiger partial charge in [-0.3, -0.25) is 4.79 Å². The number of halogens is 4. The highest BCUT2D eigenvalue weighted by Gasteiger charge is 2.44. The van der Waals surface area contributed by atoms with Gasteiger partial charge in [0.2, 0.25) is 11.6 Å². The van der Waals surface area contributed by atoms with Crippen molar-refractivity contribution < 1.29 is 59.2 Å². The van der Waals surface area contributed by atoms with Crippen molar-refractivity contribution in [1.29, 1.82) is 0 Å². The van der Waals surface area contributed by atoms with Crippen molar-refractivity contribution in [1.82, 2.24) is 25.6 Å². The molecule has 2 aliphatic heterocycles. The summed E-state index contributed by atoms with van der Waals surface area (Å²) < 4.78 is 103. The monoisotopic (exact) mass is 738 g/mol. The van der Waals surface area contributed by atoms with E-state index < -0.39 is 74.2 Å². The van der Waals surface area contributed by atoms with Crippen molar-refractivity contribution in [3.05, 3.63) is 59.6 Å². The molecule has 0 bridgehead atoms. The van der Waals surface area contributed by atoms with Gasteiger partial charge >= 0.3 is 18.2 Å². The standard InChI is InChI=1S/C31H30F4N6O9S/c1-29(2,3)48-28(44)36-20-14-51(45,46)22-12-19(32)18(24-38-26(49-40-24)30(15-42)9-4-10-47-30)11-21(22)41(25(20)43)13-16-5-7-17(8-6-16)23-37-27(50-39-23)31(33,34)35/h5-8,11-12,20,42H,4,9-10,13-15H2,1-3H3,(H,36,44)/t20-,30?/m0/s1. The molecule has 4 heterocycles. The largest absolute Gasteiger partial charge is 0.471 e. The van der Waals surface area contributed by atoms with Gasteiger partial charge in [-0.05, 0) is 51.3 Å². The maximum atomic E-state index is 15.8. The second-order valence-corrected chi connectivity index (χ2v) is 14.9. The van der Waals surface area contributed by atoms with E-state index in [1.807, 2.05) is 0 Å². The highest BCUT2D eigenvalue weighted by molar-refractivity contribution is 7.91. The molecular formula is C31H30F4N6O9S. The van der Waals surface area contributed by atoms with Crippen LogP contribution >= 0.6 is 0 Å². The van der Waals surface area contributed by atoms with Crippen molar-refractivity contribution in [2.24, 2.45) is 0 Å². The maximum absolute atomic E-state index is 15.8. The molecule has 0 aliphatic carbocycles. The number of aliphatic hydroxyl groups excluding tert-OH is 1. The fourth-order valence-corrected chi connectivity index (χ4v) is 7.17. The predicted molar refractivity (Wildman–Crippen MR) is 165 cm³/mol. The number of ether oxygens (including phenoxy) is 2. The summed E-state index contributed by atoms with van der Waals surface area (Å²) in [5.74, 6) is -5.30. The van der Waals surface area contributed by atoms with Gasteiger partial charge in [0.05, 0.1) is 35.1 Å². The van der Waals surface area contributed by atoms with Crippen molar-refractivity contribution >= 4 is 27.5 Å². The lowest BCUT2D eigenvalue weighted by atomic mass is 10.0. The molecule has 2 atom stereocenters. The number of alkyl halides is 3. The van der Waals surface area contributed by atoms with Crippen molar-refractivity contribution in [3.63, 3.8) is 0 Å². The molecule has 1 saturated heterocycles. The van der Waals surface area contributed by atoms with Crippen LogP contribution in [0, 0.1) is 5.82 Å². The number of sulfone groups is 1. The van der Waals surface area contributed by atoms with Crippen LogP contribution < -0.4 is 10.2 Å². The van der Waals surface area contributed by atoms with Crippen LogP contribution in [0.2, 0.25) is 0 Å². The SMILES string of the molecule is CC(C)(C)OC(=O)N[C@H]1CS(=O)(=O)c2cc(F)c(-c3noc(C4(CO)CCCO4)n3)cc2N(Cc2ccc(-c3noc(C(F)(F)F)n3)cc2)C1=O. The van der Waals surface area contributed by atoms with Crippen LogP contribution in [-0.4, -0.2) is 76.4 Å². The normalized spacial score (nSPS) is 20.6. The number of hydrogen-bond donors (Lipinski definition) is 2. The first-order chi connectivity index (χ1) is 23.9. The molecule has 2 amide bonds. The fourth-order valence-electron chi connectivity index (χ4n) is 5.55. The Labute approximate surface area is 286 Å². The number of rotatable bonds is 7. The molecule has 0 saturated carbocycles. The summed E-state index contributed by atoms with van der Waals surface area (Å²) in [6, 6.07) is 5.63. The molecule has 2 aromatic heterocycles. The Morgan fingerprint density at radius 1 is 1.10 bits per heavy atom. The Bertz CT molecular complexity index is 2070. The average molecular weight is 739 g/mol. The molecule has 20 heteroatoms. The van der Waals surface area contributed by atoms with Gasteiger partial charge in [-0.2, -0.15) is 23.1 Å². The minimum atomic E-state index is -4.86. The van der Waals surface area contributed by atoms with Gasteiger partial charge in [-0.25, -0.2) is 17.6 Å². The lowest BCUT2D eigenvalue weighted by Crippen LogP contribution is -2.51. The van der Waals surface area contributed by atoms with Gasteiger partial charge in [0.1, 0.15) is 17.5 Å². The lowest BCUT2D eigenvalue weighted by Gasteiger charge is -2.27. The number of carbonyl (C=O) groups is 2. The maximum Gasteiger partial charge on any atom is 0.471 e. The Morgan fingerprint density at radius 3 is 2.41 bits per heavy atom. The Balaban J connectivity index is 1.41. The van der Waals surface area contributed by atoms with Gasteiger partial charge in [0.25, 0.3) is 11.8 Å². The molecule has 0 radical (unpaired) electrons. The zero-order chi connectivity index (χ0) is 36.9. The van der Waals surface area contributed by atoms with Gasteiger partial charge in [-0.15, -0.1) is 0 Å². The number of hydrogen-bond acceptors (Lipinski definition) is 13. The number of amides is 2. The third-order valence-corrected chi connectivity index (χ3v) is 9.72. The number of carbonyl (C=O) groups excluding carboxylic acids is 2. The summed E-state index contributed by atoms with van der Waals surface area (Å²) in [6.45, 7) is 4.15. The summed E-state index contributed by atoms with van der Waals surface area (Å²) in [6.07, 6.45) is -5.01. The zero-order valence-electron chi connectivity index (χ0n) is 27.2. The number of alkyl carbamates (subject to hydrolysis) is 1. The summed E-state index contributed by atoms with van der Waals surface area (Å²) >= 11 is 0. The van der Waals surface area contributed by atoms with E-state index in [9.17, 15) is 36.3 Å². The fraction of sp³-hybridized carbons (Fsp3) is 0.419.